The first kappa shape index (κ1) is 23.6. The number of carbonyl (C=O) groups is 1. The van der Waals surface area contributed by atoms with Gasteiger partial charge in [-0.1, -0.05) is 6.92 Å². The van der Waals surface area contributed by atoms with Crippen LogP contribution in [0.25, 0.3) is 0 Å². The van der Waals surface area contributed by atoms with Gasteiger partial charge in [0, 0.05) is 81.8 Å². The van der Waals surface area contributed by atoms with Crippen molar-refractivity contribution < 1.29 is 34.0 Å². The Morgan fingerprint density at radius 2 is 1.91 bits per heavy atom. The van der Waals surface area contributed by atoms with E-state index in [9.17, 15) is 15.0 Å². The van der Waals surface area contributed by atoms with Crippen LogP contribution in [0, 0.1) is 40.4 Å². The highest BCUT2D eigenvalue weighted by Crippen LogP contribution is 2.79. The maximum Gasteiger partial charge on any atom is 0.302 e. The van der Waals surface area contributed by atoms with Crippen molar-refractivity contribution in [1.82, 2.24) is 4.90 Å². The van der Waals surface area contributed by atoms with Crippen LogP contribution in [0.5, 0.6) is 0 Å². The van der Waals surface area contributed by atoms with E-state index in [-0.39, 0.29) is 59.2 Å². The molecule has 34 heavy (non-hydrogen) atoms. The quantitative estimate of drug-likeness (QED) is 0.546. The molecule has 5 saturated carbocycles. The summed E-state index contributed by atoms with van der Waals surface area (Å²) in [7, 11) is 5.23. The number of piperidine rings is 1. The maximum absolute atomic E-state index is 12.7. The van der Waals surface area contributed by atoms with Gasteiger partial charge in [-0.2, -0.15) is 0 Å². The van der Waals surface area contributed by atoms with Crippen molar-refractivity contribution in [3.63, 3.8) is 0 Å². The summed E-state index contributed by atoms with van der Waals surface area (Å²) in [4.78, 5) is 14.7. The average molecular weight is 480 g/mol. The molecule has 0 aromatic carbocycles. The number of aliphatic hydroxyl groups excluding tert-OH is 1. The summed E-state index contributed by atoms with van der Waals surface area (Å²) in [6.45, 7) is 6.00. The lowest BCUT2D eigenvalue weighted by atomic mass is 9.43. The molecule has 0 aromatic heterocycles. The molecular weight excluding hydrogens is 438 g/mol. The standard InChI is InChI=1S/C26H41NO7/c1-6-27-11-24(12-31-3)8-7-17(29)26-15-9-14-16(32-4)10-25(30,18(15)20(14)34-13(2)28)19(23(26)27)21(33-5)22(24)26/h14-23,29-30H,6-12H2,1-5H3/t14-,15-,16?,17?,18-,19?,20?,21?,22-,23?,24+,25-,26+/m1/s1. The minimum Gasteiger partial charge on any atom is -0.462 e. The molecule has 0 amide bonds. The highest BCUT2D eigenvalue weighted by Gasteiger charge is 2.86. The molecule has 1 heterocycles. The number of hydrogen-bond acceptors (Lipinski definition) is 8. The lowest BCUT2D eigenvalue weighted by Gasteiger charge is -2.68. The molecule has 13 atom stereocenters. The predicted molar refractivity (Wildman–Crippen MR) is 122 cm³/mol. The summed E-state index contributed by atoms with van der Waals surface area (Å²) in [5, 5.41) is 24.7. The largest absolute Gasteiger partial charge is 0.462 e. The van der Waals surface area contributed by atoms with E-state index in [0.717, 1.165) is 32.4 Å². The van der Waals surface area contributed by atoms with Crippen molar-refractivity contribution in [2.24, 2.45) is 40.4 Å². The zero-order valence-corrected chi connectivity index (χ0v) is 21.1. The number of hydrogen-bond donors (Lipinski definition) is 2. The van der Waals surface area contributed by atoms with Crippen LogP contribution in [0.15, 0.2) is 0 Å². The predicted octanol–water partition coefficient (Wildman–Crippen LogP) is 1.07. The second kappa shape index (κ2) is 7.62. The first-order valence-corrected chi connectivity index (χ1v) is 13.1. The van der Waals surface area contributed by atoms with Crippen LogP contribution in [0.4, 0.5) is 0 Å². The molecule has 5 aliphatic carbocycles. The topological polar surface area (TPSA) is 97.7 Å². The van der Waals surface area contributed by atoms with Crippen molar-refractivity contribution in [1.29, 1.82) is 0 Å². The summed E-state index contributed by atoms with van der Waals surface area (Å²) in [5.41, 5.74) is -1.66. The lowest BCUT2D eigenvalue weighted by Crippen LogP contribution is -2.76. The third-order valence-corrected chi connectivity index (χ3v) is 11.4. The summed E-state index contributed by atoms with van der Waals surface area (Å²) in [6, 6.07) is 0.0197. The van der Waals surface area contributed by atoms with Crippen LogP contribution < -0.4 is 0 Å². The molecule has 6 aliphatic rings. The second-order valence-corrected chi connectivity index (χ2v) is 12.1. The Hall–Kier alpha value is -0.770. The fourth-order valence-electron chi connectivity index (χ4n) is 11.0. The summed E-state index contributed by atoms with van der Waals surface area (Å²) in [5.74, 6) is -0.586. The van der Waals surface area contributed by atoms with Gasteiger partial charge in [0.25, 0.3) is 0 Å². The minimum absolute atomic E-state index is 0.0197. The number of likely N-dealkylation sites (tertiary alicyclic amines) is 1. The fraction of sp³-hybridized carbons (Fsp3) is 0.962. The molecular formula is C26H41NO7. The molecule has 192 valence electrons. The van der Waals surface area contributed by atoms with Crippen LogP contribution in [0.3, 0.4) is 0 Å². The Bertz CT molecular complexity index is 855. The second-order valence-electron chi connectivity index (χ2n) is 12.1. The van der Waals surface area contributed by atoms with Gasteiger partial charge in [0.15, 0.2) is 0 Å². The number of ether oxygens (including phenoxy) is 4. The van der Waals surface area contributed by atoms with Gasteiger partial charge in [-0.3, -0.25) is 9.69 Å². The normalized spacial score (nSPS) is 57.0. The van der Waals surface area contributed by atoms with E-state index in [2.05, 4.69) is 11.8 Å². The van der Waals surface area contributed by atoms with Gasteiger partial charge in [-0.25, -0.2) is 0 Å². The molecule has 6 fully saturated rings. The first-order chi connectivity index (χ1) is 16.2. The molecule has 8 nitrogen and oxygen atoms in total. The van der Waals surface area contributed by atoms with Gasteiger partial charge in [0.1, 0.15) is 6.10 Å². The first-order valence-electron chi connectivity index (χ1n) is 13.1. The molecule has 1 spiro atoms. The molecule has 0 radical (unpaired) electrons. The smallest absolute Gasteiger partial charge is 0.302 e. The van der Waals surface area contributed by atoms with Crippen LogP contribution >= 0.6 is 0 Å². The van der Waals surface area contributed by atoms with Gasteiger partial charge in [-0.05, 0) is 31.7 Å². The summed E-state index contributed by atoms with van der Waals surface area (Å²) < 4.78 is 24.1. The van der Waals surface area contributed by atoms with Crippen LogP contribution in [-0.2, 0) is 23.7 Å². The third-order valence-electron chi connectivity index (χ3n) is 11.4. The monoisotopic (exact) mass is 479 g/mol. The molecule has 8 heteroatoms. The van der Waals surface area contributed by atoms with E-state index in [0.29, 0.717) is 13.0 Å². The maximum atomic E-state index is 12.7. The number of fused-ring (bicyclic) bond motifs is 2. The lowest BCUT2D eigenvalue weighted by molar-refractivity contribution is -0.274. The Morgan fingerprint density at radius 1 is 1.15 bits per heavy atom. The van der Waals surface area contributed by atoms with Crippen molar-refractivity contribution in [3.05, 3.63) is 0 Å². The van der Waals surface area contributed by atoms with E-state index < -0.39 is 23.2 Å². The average Bonchev–Trinajstić information content (AvgIpc) is 3.23. The van der Waals surface area contributed by atoms with E-state index in [1.165, 1.54) is 6.92 Å². The Labute approximate surface area is 202 Å². The molecule has 1 saturated heterocycles. The molecule has 1 aliphatic heterocycles. The number of methoxy groups -OCH3 is 3. The van der Waals surface area contributed by atoms with Gasteiger partial charge in [0.2, 0.25) is 0 Å². The highest BCUT2D eigenvalue weighted by atomic mass is 16.5. The van der Waals surface area contributed by atoms with Crippen LogP contribution in [0.1, 0.15) is 39.5 Å². The Kier molecular flexibility index (Phi) is 5.29. The third kappa shape index (κ3) is 2.48. The Morgan fingerprint density at radius 3 is 2.53 bits per heavy atom. The Balaban J connectivity index is 1.61. The van der Waals surface area contributed by atoms with Crippen LogP contribution in [0.2, 0.25) is 0 Å². The number of nitrogens with zero attached hydrogens (tertiary/aromatic N) is 1. The molecule has 6 unspecified atom stereocenters. The van der Waals surface area contributed by atoms with Gasteiger partial charge in [-0.15, -0.1) is 0 Å². The van der Waals surface area contributed by atoms with E-state index in [4.69, 9.17) is 18.9 Å². The van der Waals surface area contributed by atoms with Crippen molar-refractivity contribution in [2.45, 2.75) is 75.6 Å². The van der Waals surface area contributed by atoms with E-state index >= 15 is 0 Å². The molecule has 7 bridgehead atoms. The van der Waals surface area contributed by atoms with Crippen LogP contribution in [-0.4, -0.2) is 98.2 Å². The van der Waals surface area contributed by atoms with Crippen molar-refractivity contribution >= 4 is 5.97 Å². The van der Waals surface area contributed by atoms with E-state index in [1.807, 2.05) is 0 Å². The molecule has 6 rings (SSSR count). The fourth-order valence-corrected chi connectivity index (χ4v) is 11.0. The van der Waals surface area contributed by atoms with Gasteiger partial charge < -0.3 is 29.2 Å². The number of rotatable bonds is 6. The van der Waals surface area contributed by atoms with E-state index in [1.54, 1.807) is 21.3 Å². The number of aliphatic hydroxyl groups is 2. The summed E-state index contributed by atoms with van der Waals surface area (Å²) in [6.07, 6.45) is 1.64. The van der Waals surface area contributed by atoms with Crippen molar-refractivity contribution in [2.75, 3.05) is 41.0 Å². The van der Waals surface area contributed by atoms with Crippen molar-refractivity contribution in [3.8, 4) is 0 Å². The van der Waals surface area contributed by atoms with Gasteiger partial charge in [0.05, 0.1) is 30.5 Å². The molecule has 2 N–H and O–H groups in total. The highest BCUT2D eigenvalue weighted by molar-refractivity contribution is 5.66. The zero-order chi connectivity index (χ0) is 24.2. The summed E-state index contributed by atoms with van der Waals surface area (Å²) >= 11 is 0. The minimum atomic E-state index is -1.09. The zero-order valence-electron chi connectivity index (χ0n) is 21.1. The molecule has 0 aromatic rings. The van der Waals surface area contributed by atoms with Gasteiger partial charge >= 0.3 is 5.97 Å². The SMILES string of the molecule is CCN1C[C@]2(COC)CCC(O)[C@]34C1C(C(OC)[C@H]23)[C@@]1(O)CC(OC)[C@H]2C[C@@H]4[C@@H]1C2OC(C)=O. The number of carbonyl (C=O) groups excluding carboxylic acids is 1. The number of esters is 1.